The molecule has 182 valence electrons. The van der Waals surface area contributed by atoms with Crippen molar-refractivity contribution < 1.29 is 32.3 Å². The van der Waals surface area contributed by atoms with E-state index in [9.17, 15) is 22.8 Å². The Kier molecular flexibility index (Phi) is 7.87. The zero-order valence-electron chi connectivity index (χ0n) is 19.3. The zero-order chi connectivity index (χ0) is 25.6. The second-order valence-electron chi connectivity index (χ2n) is 7.47. The lowest BCUT2D eigenvalue weighted by Gasteiger charge is -2.25. The lowest BCUT2D eigenvalue weighted by molar-refractivity contribution is 0.0587. The lowest BCUT2D eigenvalue weighted by atomic mass is 10.1. The molecule has 0 saturated heterocycles. The largest absolute Gasteiger partial charge is 0.465 e. The summed E-state index contributed by atoms with van der Waals surface area (Å²) in [5.41, 5.74) is 1.05. The van der Waals surface area contributed by atoms with Crippen molar-refractivity contribution in [2.45, 2.75) is 6.54 Å². The summed E-state index contributed by atoms with van der Waals surface area (Å²) in [5, 5.41) is 2.60. The fourth-order valence-corrected chi connectivity index (χ4v) is 4.28. The fourth-order valence-electron chi connectivity index (χ4n) is 3.38. The van der Waals surface area contributed by atoms with Crippen LogP contribution in [0.3, 0.4) is 0 Å². The molecule has 3 rings (SSSR count). The van der Waals surface area contributed by atoms with Crippen molar-refractivity contribution in [3.63, 3.8) is 0 Å². The number of hydrogen-bond acceptors (Lipinski definition) is 7. The number of hydrogen-bond donors (Lipinski definition) is 1. The third-order valence-electron chi connectivity index (χ3n) is 5.08. The van der Waals surface area contributed by atoms with Crippen molar-refractivity contribution in [1.82, 2.24) is 0 Å². The van der Waals surface area contributed by atoms with Gasteiger partial charge in [-0.2, -0.15) is 0 Å². The maximum atomic E-state index is 13.3. The summed E-state index contributed by atoms with van der Waals surface area (Å²) in [6, 6.07) is 19.1. The standard InChI is InChI=1S/C25H24N2O7S/c1-33-24(29)18-13-14-19(25(30)34-2)21(15-18)26-23(28)20-11-7-8-12-22(20)27(35(3,31)32)16-17-9-5-4-6-10-17/h4-15H,16H2,1-3H3,(H,26,28). The van der Waals surface area contributed by atoms with Gasteiger partial charge in [0.05, 0.1) is 55.1 Å². The van der Waals surface area contributed by atoms with Crippen LogP contribution in [-0.4, -0.2) is 46.7 Å². The van der Waals surface area contributed by atoms with Gasteiger partial charge in [0, 0.05) is 0 Å². The van der Waals surface area contributed by atoms with E-state index in [1.54, 1.807) is 36.4 Å². The second kappa shape index (κ2) is 10.8. The molecular formula is C25H24N2O7S. The van der Waals surface area contributed by atoms with Crippen LogP contribution in [0.15, 0.2) is 72.8 Å². The van der Waals surface area contributed by atoms with E-state index in [0.717, 1.165) is 16.1 Å². The summed E-state index contributed by atoms with van der Waals surface area (Å²) in [7, 11) is -1.38. The van der Waals surface area contributed by atoms with Gasteiger partial charge in [0.25, 0.3) is 5.91 Å². The van der Waals surface area contributed by atoms with Gasteiger partial charge in [0.1, 0.15) is 0 Å². The number of nitrogens with zero attached hydrogens (tertiary/aromatic N) is 1. The molecule has 3 aromatic carbocycles. The van der Waals surface area contributed by atoms with E-state index in [1.807, 2.05) is 6.07 Å². The number of anilines is 2. The highest BCUT2D eigenvalue weighted by atomic mass is 32.2. The number of benzene rings is 3. The van der Waals surface area contributed by atoms with Gasteiger partial charge >= 0.3 is 11.9 Å². The minimum atomic E-state index is -3.77. The maximum absolute atomic E-state index is 13.3. The average Bonchev–Trinajstić information content (AvgIpc) is 2.86. The Bertz CT molecular complexity index is 1360. The van der Waals surface area contributed by atoms with Crippen molar-refractivity contribution in [2.24, 2.45) is 0 Å². The molecule has 0 spiro atoms. The monoisotopic (exact) mass is 496 g/mol. The predicted molar refractivity (Wildman–Crippen MR) is 131 cm³/mol. The first-order valence-electron chi connectivity index (χ1n) is 10.4. The molecule has 0 aliphatic carbocycles. The quantitative estimate of drug-likeness (QED) is 0.474. The lowest BCUT2D eigenvalue weighted by Crippen LogP contribution is -2.31. The van der Waals surface area contributed by atoms with Gasteiger partial charge in [-0.3, -0.25) is 9.10 Å². The number of amides is 1. The molecule has 0 bridgehead atoms. The van der Waals surface area contributed by atoms with Gasteiger partial charge in [-0.1, -0.05) is 42.5 Å². The smallest absolute Gasteiger partial charge is 0.339 e. The van der Waals surface area contributed by atoms with Crippen LogP contribution in [0.5, 0.6) is 0 Å². The van der Waals surface area contributed by atoms with E-state index < -0.39 is 27.9 Å². The van der Waals surface area contributed by atoms with Crippen LogP contribution in [-0.2, 0) is 26.0 Å². The summed E-state index contributed by atoms with van der Waals surface area (Å²) in [6.07, 6.45) is 1.06. The molecule has 0 saturated carbocycles. The summed E-state index contributed by atoms with van der Waals surface area (Å²) in [5.74, 6) is -2.08. The molecular weight excluding hydrogens is 472 g/mol. The van der Waals surface area contributed by atoms with Gasteiger partial charge in [-0.15, -0.1) is 0 Å². The molecule has 0 aliphatic rings. The van der Waals surface area contributed by atoms with Crippen molar-refractivity contribution in [3.05, 3.63) is 95.1 Å². The number of para-hydroxylation sites is 1. The number of rotatable bonds is 8. The van der Waals surface area contributed by atoms with Crippen molar-refractivity contribution in [1.29, 1.82) is 0 Å². The minimum absolute atomic E-state index is 0.00789. The highest BCUT2D eigenvalue weighted by Crippen LogP contribution is 2.27. The first-order valence-corrected chi connectivity index (χ1v) is 12.2. The number of ether oxygens (including phenoxy) is 2. The Morgan fingerprint density at radius 1 is 0.829 bits per heavy atom. The summed E-state index contributed by atoms with van der Waals surface area (Å²) >= 11 is 0. The Labute approximate surface area is 203 Å². The van der Waals surface area contributed by atoms with Crippen LogP contribution in [0.1, 0.15) is 36.6 Å². The van der Waals surface area contributed by atoms with Gasteiger partial charge in [-0.05, 0) is 35.9 Å². The number of methoxy groups -OCH3 is 2. The molecule has 0 fully saturated rings. The Balaban J connectivity index is 2.04. The molecule has 0 heterocycles. The predicted octanol–water partition coefficient (Wildman–Crippen LogP) is 3.48. The Morgan fingerprint density at radius 3 is 2.09 bits per heavy atom. The molecule has 0 radical (unpaired) electrons. The molecule has 1 N–H and O–H groups in total. The average molecular weight is 497 g/mol. The van der Waals surface area contributed by atoms with Gasteiger partial charge in [0.15, 0.2) is 0 Å². The van der Waals surface area contributed by atoms with Crippen LogP contribution in [0.25, 0.3) is 0 Å². The van der Waals surface area contributed by atoms with E-state index in [1.165, 1.54) is 44.6 Å². The molecule has 0 atom stereocenters. The van der Waals surface area contributed by atoms with Crippen molar-refractivity contribution in [2.75, 3.05) is 30.1 Å². The van der Waals surface area contributed by atoms with Crippen LogP contribution < -0.4 is 9.62 Å². The maximum Gasteiger partial charge on any atom is 0.339 e. The van der Waals surface area contributed by atoms with Gasteiger partial charge in [-0.25, -0.2) is 18.0 Å². The van der Waals surface area contributed by atoms with Crippen LogP contribution in [0, 0.1) is 0 Å². The number of esters is 2. The first-order chi connectivity index (χ1) is 16.7. The number of nitrogens with one attached hydrogen (secondary N) is 1. The van der Waals surface area contributed by atoms with Gasteiger partial charge in [0.2, 0.25) is 10.0 Å². The molecule has 0 unspecified atom stereocenters. The Hall–Kier alpha value is -4.18. The number of sulfonamides is 1. The summed E-state index contributed by atoms with van der Waals surface area (Å²) in [4.78, 5) is 37.5. The van der Waals surface area contributed by atoms with Crippen LogP contribution >= 0.6 is 0 Å². The molecule has 1 amide bonds. The zero-order valence-corrected chi connectivity index (χ0v) is 20.2. The molecule has 0 aromatic heterocycles. The first kappa shape index (κ1) is 25.4. The van der Waals surface area contributed by atoms with E-state index in [2.05, 4.69) is 5.32 Å². The molecule has 9 nitrogen and oxygen atoms in total. The summed E-state index contributed by atoms with van der Waals surface area (Å²) < 4.78 is 36.0. The summed E-state index contributed by atoms with van der Waals surface area (Å²) in [6.45, 7) is 0.00913. The second-order valence-corrected chi connectivity index (χ2v) is 9.38. The normalized spacial score (nSPS) is 10.8. The molecule has 0 aliphatic heterocycles. The van der Waals surface area contributed by atoms with E-state index >= 15 is 0 Å². The van der Waals surface area contributed by atoms with E-state index in [0.29, 0.717) is 0 Å². The van der Waals surface area contributed by atoms with E-state index in [4.69, 9.17) is 9.47 Å². The third-order valence-corrected chi connectivity index (χ3v) is 6.21. The number of carbonyl (C=O) groups is 3. The Morgan fingerprint density at radius 2 is 1.46 bits per heavy atom. The van der Waals surface area contributed by atoms with Crippen molar-refractivity contribution in [3.8, 4) is 0 Å². The SMILES string of the molecule is COC(=O)c1ccc(C(=O)OC)c(NC(=O)c2ccccc2N(Cc2ccccc2)S(C)(=O)=O)c1. The van der Waals surface area contributed by atoms with Crippen LogP contribution in [0.2, 0.25) is 0 Å². The highest BCUT2D eigenvalue weighted by Gasteiger charge is 2.25. The van der Waals surface area contributed by atoms with Crippen molar-refractivity contribution >= 4 is 39.2 Å². The van der Waals surface area contributed by atoms with Crippen LogP contribution in [0.4, 0.5) is 11.4 Å². The molecule has 10 heteroatoms. The minimum Gasteiger partial charge on any atom is -0.465 e. The van der Waals surface area contributed by atoms with Gasteiger partial charge < -0.3 is 14.8 Å². The van der Waals surface area contributed by atoms with E-state index in [-0.39, 0.29) is 34.6 Å². The molecule has 35 heavy (non-hydrogen) atoms. The molecule has 3 aromatic rings. The topological polar surface area (TPSA) is 119 Å². The highest BCUT2D eigenvalue weighted by molar-refractivity contribution is 7.92. The third kappa shape index (κ3) is 6.04. The fraction of sp³-hybridized carbons (Fsp3) is 0.160. The number of carbonyl (C=O) groups excluding carboxylic acids is 3.